The van der Waals surface area contributed by atoms with Crippen molar-refractivity contribution >= 4 is 17.3 Å². The number of rotatable bonds is 5. The van der Waals surface area contributed by atoms with Gasteiger partial charge >= 0.3 is 5.69 Å². The minimum Gasteiger partial charge on any atom is -0.378 e. The molecule has 0 aliphatic carbocycles. The summed E-state index contributed by atoms with van der Waals surface area (Å²) in [5.41, 5.74) is 5.28. The number of nitro groups is 1. The summed E-state index contributed by atoms with van der Waals surface area (Å²) >= 11 is 0. The van der Waals surface area contributed by atoms with Crippen molar-refractivity contribution in [3.05, 3.63) is 16.4 Å². The van der Waals surface area contributed by atoms with Gasteiger partial charge < -0.3 is 10.6 Å². The minimum atomic E-state index is -0.544. The van der Waals surface area contributed by atoms with Gasteiger partial charge in [-0.1, -0.05) is 20.3 Å². The Labute approximate surface area is 99.8 Å². The number of aromatic nitrogens is 2. The number of hydrogen-bond acceptors (Lipinski definition) is 6. The van der Waals surface area contributed by atoms with Crippen molar-refractivity contribution in [2.75, 3.05) is 24.2 Å². The maximum absolute atomic E-state index is 10.9. The molecule has 94 valence electrons. The molecule has 1 aromatic heterocycles. The van der Waals surface area contributed by atoms with Crippen LogP contribution in [0.1, 0.15) is 20.3 Å². The van der Waals surface area contributed by atoms with Gasteiger partial charge in [-0.25, -0.2) is 9.97 Å². The molecule has 7 heteroatoms. The molecule has 0 aliphatic rings. The lowest BCUT2D eigenvalue weighted by atomic mass is 10.1. The zero-order chi connectivity index (χ0) is 13.0. The molecule has 0 amide bonds. The first-order chi connectivity index (χ1) is 7.97. The lowest BCUT2D eigenvalue weighted by Crippen LogP contribution is -2.25. The molecule has 0 saturated heterocycles. The second-order valence-electron chi connectivity index (χ2n) is 4.08. The summed E-state index contributed by atoms with van der Waals surface area (Å²) in [6, 6.07) is 0. The average Bonchev–Trinajstić information content (AvgIpc) is 2.27. The van der Waals surface area contributed by atoms with Gasteiger partial charge in [0.2, 0.25) is 11.6 Å². The largest absolute Gasteiger partial charge is 0.378 e. The lowest BCUT2D eigenvalue weighted by molar-refractivity contribution is -0.383. The fourth-order valence-corrected chi connectivity index (χ4v) is 1.52. The number of nitrogens with two attached hydrogens (primary N) is 1. The second-order valence-corrected chi connectivity index (χ2v) is 4.08. The summed E-state index contributed by atoms with van der Waals surface area (Å²) in [5, 5.41) is 10.9. The smallest absolute Gasteiger partial charge is 0.353 e. The van der Waals surface area contributed by atoms with E-state index in [1.807, 2.05) is 0 Å². The highest BCUT2D eigenvalue weighted by Crippen LogP contribution is 2.29. The normalized spacial score (nSPS) is 12.2. The predicted molar refractivity (Wildman–Crippen MR) is 65.8 cm³/mol. The SMILES string of the molecule is CCC(C)CN(C)c1ncnc(N)c1[N+](=O)[O-]. The molecular weight excluding hydrogens is 222 g/mol. The quantitative estimate of drug-likeness (QED) is 0.616. The Bertz CT molecular complexity index is 410. The molecule has 7 nitrogen and oxygen atoms in total. The molecule has 0 radical (unpaired) electrons. The molecular formula is C10H17N5O2. The van der Waals surface area contributed by atoms with Gasteiger partial charge in [-0.15, -0.1) is 0 Å². The van der Waals surface area contributed by atoms with E-state index in [9.17, 15) is 10.1 Å². The van der Waals surface area contributed by atoms with E-state index < -0.39 is 4.92 Å². The second kappa shape index (κ2) is 5.42. The van der Waals surface area contributed by atoms with Gasteiger partial charge in [-0.05, 0) is 5.92 Å². The van der Waals surface area contributed by atoms with Crippen LogP contribution in [0.15, 0.2) is 6.33 Å². The van der Waals surface area contributed by atoms with Crippen LogP contribution in [0.4, 0.5) is 17.3 Å². The van der Waals surface area contributed by atoms with Gasteiger partial charge in [0.15, 0.2) is 0 Å². The third kappa shape index (κ3) is 3.02. The molecule has 2 N–H and O–H groups in total. The van der Waals surface area contributed by atoms with Crippen LogP contribution < -0.4 is 10.6 Å². The third-order valence-corrected chi connectivity index (χ3v) is 2.66. The lowest BCUT2D eigenvalue weighted by Gasteiger charge is -2.21. The molecule has 17 heavy (non-hydrogen) atoms. The molecule has 1 aromatic rings. The molecule has 0 aliphatic heterocycles. The highest BCUT2D eigenvalue weighted by molar-refractivity contribution is 5.68. The predicted octanol–water partition coefficient (Wildman–Crippen LogP) is 1.45. The monoisotopic (exact) mass is 239 g/mol. The number of anilines is 2. The van der Waals surface area contributed by atoms with E-state index in [2.05, 4.69) is 23.8 Å². The van der Waals surface area contributed by atoms with Crippen LogP contribution in [0.3, 0.4) is 0 Å². The maximum atomic E-state index is 10.9. The van der Waals surface area contributed by atoms with Gasteiger partial charge in [0.1, 0.15) is 6.33 Å². The van der Waals surface area contributed by atoms with E-state index in [-0.39, 0.29) is 17.3 Å². The Morgan fingerprint density at radius 2 is 2.24 bits per heavy atom. The van der Waals surface area contributed by atoms with Crippen molar-refractivity contribution in [1.29, 1.82) is 0 Å². The highest BCUT2D eigenvalue weighted by Gasteiger charge is 2.24. The van der Waals surface area contributed by atoms with Crippen molar-refractivity contribution in [2.24, 2.45) is 5.92 Å². The first kappa shape index (κ1) is 13.1. The van der Waals surface area contributed by atoms with Gasteiger partial charge in [0, 0.05) is 13.6 Å². The third-order valence-electron chi connectivity index (χ3n) is 2.66. The summed E-state index contributed by atoms with van der Waals surface area (Å²) in [4.78, 5) is 19.7. The summed E-state index contributed by atoms with van der Waals surface area (Å²) < 4.78 is 0. The van der Waals surface area contributed by atoms with Gasteiger partial charge in [-0.2, -0.15) is 0 Å². The molecule has 1 atom stereocenters. The molecule has 1 unspecified atom stereocenters. The summed E-state index contributed by atoms with van der Waals surface area (Å²) in [7, 11) is 1.76. The van der Waals surface area contributed by atoms with Gasteiger partial charge in [0.05, 0.1) is 4.92 Å². The van der Waals surface area contributed by atoms with Gasteiger partial charge in [-0.3, -0.25) is 10.1 Å². The molecule has 0 aromatic carbocycles. The number of hydrogen-bond donors (Lipinski definition) is 1. The summed E-state index contributed by atoms with van der Waals surface area (Å²) in [5.74, 6) is 0.592. The molecule has 1 heterocycles. The van der Waals surface area contributed by atoms with Crippen molar-refractivity contribution in [3.63, 3.8) is 0 Å². The number of nitrogens with zero attached hydrogens (tertiary/aromatic N) is 4. The van der Waals surface area contributed by atoms with E-state index in [4.69, 9.17) is 5.73 Å². The Morgan fingerprint density at radius 3 is 2.76 bits per heavy atom. The van der Waals surface area contributed by atoms with Crippen LogP contribution in [0.5, 0.6) is 0 Å². The van der Waals surface area contributed by atoms with Crippen LogP contribution >= 0.6 is 0 Å². The van der Waals surface area contributed by atoms with E-state index in [0.29, 0.717) is 12.5 Å². The van der Waals surface area contributed by atoms with E-state index >= 15 is 0 Å². The average molecular weight is 239 g/mol. The number of nitrogen functional groups attached to an aromatic ring is 1. The first-order valence-electron chi connectivity index (χ1n) is 5.43. The highest BCUT2D eigenvalue weighted by atomic mass is 16.6. The fraction of sp³-hybridized carbons (Fsp3) is 0.600. The summed E-state index contributed by atoms with van der Waals surface area (Å²) in [6.45, 7) is 4.84. The Balaban J connectivity index is 3.04. The van der Waals surface area contributed by atoms with Crippen molar-refractivity contribution < 1.29 is 4.92 Å². The van der Waals surface area contributed by atoms with Crippen molar-refractivity contribution in [2.45, 2.75) is 20.3 Å². The molecule has 0 spiro atoms. The van der Waals surface area contributed by atoms with E-state index in [1.54, 1.807) is 11.9 Å². The Hall–Kier alpha value is -1.92. The zero-order valence-electron chi connectivity index (χ0n) is 10.3. The van der Waals surface area contributed by atoms with Crippen LogP contribution in [-0.2, 0) is 0 Å². The topological polar surface area (TPSA) is 98.2 Å². The van der Waals surface area contributed by atoms with E-state index in [0.717, 1.165) is 6.42 Å². The maximum Gasteiger partial charge on any atom is 0.353 e. The summed E-state index contributed by atoms with van der Waals surface area (Å²) in [6.07, 6.45) is 2.24. The Morgan fingerprint density at radius 1 is 1.59 bits per heavy atom. The van der Waals surface area contributed by atoms with Crippen LogP contribution in [0, 0.1) is 16.0 Å². The van der Waals surface area contributed by atoms with Crippen molar-refractivity contribution in [3.8, 4) is 0 Å². The molecule has 0 saturated carbocycles. The fourth-order valence-electron chi connectivity index (χ4n) is 1.52. The van der Waals surface area contributed by atoms with Crippen molar-refractivity contribution in [1.82, 2.24) is 9.97 Å². The molecule has 0 fully saturated rings. The molecule has 1 rings (SSSR count). The zero-order valence-corrected chi connectivity index (χ0v) is 10.3. The Kier molecular flexibility index (Phi) is 4.19. The van der Waals surface area contributed by atoms with Crippen LogP contribution in [-0.4, -0.2) is 28.5 Å². The standard InChI is InChI=1S/C10H17N5O2/c1-4-7(2)5-14(3)10-8(15(16)17)9(11)12-6-13-10/h6-7H,4-5H2,1-3H3,(H2,11,12,13). The van der Waals surface area contributed by atoms with Crippen LogP contribution in [0.2, 0.25) is 0 Å². The first-order valence-corrected chi connectivity index (χ1v) is 5.43. The van der Waals surface area contributed by atoms with Crippen LogP contribution in [0.25, 0.3) is 0 Å². The van der Waals surface area contributed by atoms with E-state index in [1.165, 1.54) is 6.33 Å². The molecule has 0 bridgehead atoms. The van der Waals surface area contributed by atoms with Gasteiger partial charge in [0.25, 0.3) is 0 Å². The minimum absolute atomic E-state index is 0.101.